The van der Waals surface area contributed by atoms with Crippen LogP contribution in [-0.2, 0) is 0 Å². The molecule has 0 radical (unpaired) electrons. The molecule has 19 heavy (non-hydrogen) atoms. The summed E-state index contributed by atoms with van der Waals surface area (Å²) >= 11 is 1.22. The quantitative estimate of drug-likeness (QED) is 0.936. The van der Waals surface area contributed by atoms with Gasteiger partial charge < -0.3 is 5.32 Å². The van der Waals surface area contributed by atoms with E-state index < -0.39 is 0 Å². The van der Waals surface area contributed by atoms with Gasteiger partial charge in [-0.3, -0.25) is 4.79 Å². The first kappa shape index (κ1) is 12.3. The molecule has 1 heterocycles. The molecule has 1 aromatic carbocycles. The van der Waals surface area contributed by atoms with Crippen LogP contribution < -0.4 is 5.32 Å². The number of nitrogens with zero attached hydrogens (tertiary/aromatic N) is 1. The van der Waals surface area contributed by atoms with Gasteiger partial charge in [-0.05, 0) is 24.5 Å². The Bertz CT molecular complexity index is 625. The molecule has 1 amide bonds. The predicted molar refractivity (Wildman–Crippen MR) is 72.5 cm³/mol. The van der Waals surface area contributed by atoms with Crippen molar-refractivity contribution in [3.63, 3.8) is 0 Å². The highest BCUT2D eigenvalue weighted by molar-refractivity contribution is 7.16. The SMILES string of the molecule is C[C@@H]1C[C@@H]1NC(=O)c1cnc(-c2ccccc2F)s1. The minimum Gasteiger partial charge on any atom is -0.348 e. The highest BCUT2D eigenvalue weighted by Crippen LogP contribution is 2.31. The van der Waals surface area contributed by atoms with E-state index in [0.29, 0.717) is 21.4 Å². The van der Waals surface area contributed by atoms with Crippen LogP contribution in [0.25, 0.3) is 10.6 Å². The second kappa shape index (κ2) is 4.74. The maximum atomic E-state index is 13.6. The molecule has 0 aliphatic heterocycles. The molecule has 1 aliphatic rings. The third-order valence-electron chi connectivity index (χ3n) is 3.26. The van der Waals surface area contributed by atoms with E-state index in [0.717, 1.165) is 6.42 Å². The number of amides is 1. The summed E-state index contributed by atoms with van der Waals surface area (Å²) in [6.45, 7) is 2.10. The number of rotatable bonds is 3. The molecular formula is C14H13FN2OS. The van der Waals surface area contributed by atoms with Crippen molar-refractivity contribution >= 4 is 17.2 Å². The Hall–Kier alpha value is -1.75. The van der Waals surface area contributed by atoms with E-state index in [1.165, 1.54) is 23.6 Å². The predicted octanol–water partition coefficient (Wildman–Crippen LogP) is 3.09. The number of aromatic nitrogens is 1. The van der Waals surface area contributed by atoms with Crippen LogP contribution in [0.4, 0.5) is 4.39 Å². The summed E-state index contributed by atoms with van der Waals surface area (Å²) in [5.74, 6) is 0.122. The van der Waals surface area contributed by atoms with Crippen molar-refractivity contribution in [2.75, 3.05) is 0 Å². The van der Waals surface area contributed by atoms with Gasteiger partial charge in [0.1, 0.15) is 15.7 Å². The zero-order valence-electron chi connectivity index (χ0n) is 10.4. The van der Waals surface area contributed by atoms with Crippen LogP contribution >= 0.6 is 11.3 Å². The van der Waals surface area contributed by atoms with Gasteiger partial charge in [-0.2, -0.15) is 0 Å². The first-order valence-electron chi connectivity index (χ1n) is 6.17. The normalized spacial score (nSPS) is 21.2. The number of benzene rings is 1. The second-order valence-electron chi connectivity index (χ2n) is 4.80. The van der Waals surface area contributed by atoms with Crippen LogP contribution in [-0.4, -0.2) is 16.9 Å². The van der Waals surface area contributed by atoms with Crippen LogP contribution in [0.3, 0.4) is 0 Å². The molecule has 98 valence electrons. The summed E-state index contributed by atoms with van der Waals surface area (Å²) in [7, 11) is 0. The topological polar surface area (TPSA) is 42.0 Å². The van der Waals surface area contributed by atoms with Gasteiger partial charge in [0.2, 0.25) is 0 Å². The lowest BCUT2D eigenvalue weighted by Gasteiger charge is -2.00. The number of hydrogen-bond donors (Lipinski definition) is 1. The molecule has 0 bridgehead atoms. The summed E-state index contributed by atoms with van der Waals surface area (Å²) in [6.07, 6.45) is 2.54. The Morgan fingerprint density at radius 3 is 2.89 bits per heavy atom. The average Bonchev–Trinajstić information content (AvgIpc) is 2.92. The fraction of sp³-hybridized carbons (Fsp3) is 0.286. The van der Waals surface area contributed by atoms with E-state index in [1.807, 2.05) is 0 Å². The summed E-state index contributed by atoms with van der Waals surface area (Å²) < 4.78 is 13.6. The average molecular weight is 276 g/mol. The highest BCUT2D eigenvalue weighted by Gasteiger charge is 2.34. The van der Waals surface area contributed by atoms with E-state index in [4.69, 9.17) is 0 Å². The highest BCUT2D eigenvalue weighted by atomic mass is 32.1. The Labute approximate surface area is 114 Å². The molecule has 1 aliphatic carbocycles. The number of thiazole rings is 1. The molecule has 0 saturated heterocycles. The first-order valence-corrected chi connectivity index (χ1v) is 6.98. The molecule has 2 atom stereocenters. The molecule has 0 spiro atoms. The van der Waals surface area contributed by atoms with Crippen LogP contribution in [0.5, 0.6) is 0 Å². The Morgan fingerprint density at radius 1 is 1.47 bits per heavy atom. The minimum absolute atomic E-state index is 0.116. The van der Waals surface area contributed by atoms with Crippen LogP contribution in [0.15, 0.2) is 30.5 Å². The van der Waals surface area contributed by atoms with Crippen molar-refractivity contribution < 1.29 is 9.18 Å². The van der Waals surface area contributed by atoms with E-state index >= 15 is 0 Å². The third kappa shape index (κ3) is 2.51. The molecular weight excluding hydrogens is 263 g/mol. The molecule has 5 heteroatoms. The minimum atomic E-state index is -0.320. The van der Waals surface area contributed by atoms with Crippen molar-refractivity contribution in [3.05, 3.63) is 41.2 Å². The summed E-state index contributed by atoms with van der Waals surface area (Å²) in [6, 6.07) is 6.73. The molecule has 1 aromatic heterocycles. The lowest BCUT2D eigenvalue weighted by atomic mass is 10.2. The maximum absolute atomic E-state index is 13.6. The van der Waals surface area contributed by atoms with Crippen LogP contribution in [0.2, 0.25) is 0 Å². The molecule has 3 nitrogen and oxygen atoms in total. The largest absolute Gasteiger partial charge is 0.348 e. The first-order chi connectivity index (χ1) is 9.15. The zero-order chi connectivity index (χ0) is 13.4. The third-order valence-corrected chi connectivity index (χ3v) is 4.29. The van der Waals surface area contributed by atoms with E-state index in [-0.39, 0.29) is 17.8 Å². The van der Waals surface area contributed by atoms with Gasteiger partial charge in [-0.25, -0.2) is 9.37 Å². The number of halogens is 1. The summed E-state index contributed by atoms with van der Waals surface area (Å²) in [4.78, 5) is 16.6. The molecule has 1 saturated carbocycles. The van der Waals surface area contributed by atoms with Gasteiger partial charge in [-0.1, -0.05) is 19.1 Å². The van der Waals surface area contributed by atoms with Gasteiger partial charge in [0.25, 0.3) is 5.91 Å². The second-order valence-corrected chi connectivity index (χ2v) is 5.83. The summed E-state index contributed by atoms with van der Waals surface area (Å²) in [5.41, 5.74) is 0.436. The summed E-state index contributed by atoms with van der Waals surface area (Å²) in [5, 5.41) is 3.47. The Morgan fingerprint density at radius 2 is 2.21 bits per heavy atom. The molecule has 3 rings (SSSR count). The van der Waals surface area contributed by atoms with Crippen molar-refractivity contribution in [2.24, 2.45) is 5.92 Å². The van der Waals surface area contributed by atoms with E-state index in [2.05, 4.69) is 17.2 Å². The standard InChI is InChI=1S/C14H13FN2OS/c1-8-6-11(8)17-13(18)12-7-16-14(19-12)9-4-2-3-5-10(9)15/h2-5,7-8,11H,6H2,1H3,(H,17,18)/t8-,11+/m1/s1. The van der Waals surface area contributed by atoms with E-state index in [1.54, 1.807) is 18.2 Å². The Kier molecular flexibility index (Phi) is 3.06. The van der Waals surface area contributed by atoms with Gasteiger partial charge in [0.05, 0.1) is 6.20 Å². The molecule has 2 aromatic rings. The molecule has 1 fully saturated rings. The smallest absolute Gasteiger partial charge is 0.263 e. The molecule has 1 N–H and O–H groups in total. The van der Waals surface area contributed by atoms with Gasteiger partial charge in [0, 0.05) is 11.6 Å². The molecule has 0 unspecified atom stereocenters. The van der Waals surface area contributed by atoms with Gasteiger partial charge in [-0.15, -0.1) is 11.3 Å². The van der Waals surface area contributed by atoms with Crippen molar-refractivity contribution in [1.82, 2.24) is 10.3 Å². The number of hydrogen-bond acceptors (Lipinski definition) is 3. The number of carbonyl (C=O) groups is 1. The monoisotopic (exact) mass is 276 g/mol. The fourth-order valence-electron chi connectivity index (χ4n) is 1.90. The van der Waals surface area contributed by atoms with Gasteiger partial charge in [0.15, 0.2) is 0 Å². The number of carbonyl (C=O) groups excluding carboxylic acids is 1. The zero-order valence-corrected chi connectivity index (χ0v) is 11.2. The fourth-order valence-corrected chi connectivity index (χ4v) is 2.75. The van der Waals surface area contributed by atoms with Crippen LogP contribution in [0, 0.1) is 11.7 Å². The van der Waals surface area contributed by atoms with Gasteiger partial charge >= 0.3 is 0 Å². The van der Waals surface area contributed by atoms with Crippen LogP contribution in [0.1, 0.15) is 23.0 Å². The number of nitrogens with one attached hydrogen (secondary N) is 1. The maximum Gasteiger partial charge on any atom is 0.263 e. The Balaban J connectivity index is 1.79. The van der Waals surface area contributed by atoms with E-state index in [9.17, 15) is 9.18 Å². The van der Waals surface area contributed by atoms with Crippen molar-refractivity contribution in [3.8, 4) is 10.6 Å². The van der Waals surface area contributed by atoms with Crippen molar-refractivity contribution in [1.29, 1.82) is 0 Å². The lowest BCUT2D eigenvalue weighted by Crippen LogP contribution is -2.25. The lowest BCUT2D eigenvalue weighted by molar-refractivity contribution is 0.0953. The van der Waals surface area contributed by atoms with Crippen molar-refractivity contribution in [2.45, 2.75) is 19.4 Å².